The Kier molecular flexibility index (Phi) is 6.13. The van der Waals surface area contributed by atoms with Crippen LogP contribution in [-0.2, 0) is 11.0 Å². The number of nitrogens with one attached hydrogen (secondary N) is 3. The summed E-state index contributed by atoms with van der Waals surface area (Å²) in [5.74, 6) is -1.59. The maximum atomic E-state index is 13.4. The first kappa shape index (κ1) is 21.8. The van der Waals surface area contributed by atoms with Gasteiger partial charge in [-0.3, -0.25) is 10.2 Å². The molecule has 162 valence electrons. The van der Waals surface area contributed by atoms with E-state index in [9.17, 15) is 22.8 Å². The number of aromatic nitrogens is 2. The molecule has 8 nitrogen and oxygen atoms in total. The van der Waals surface area contributed by atoms with Crippen LogP contribution in [0.4, 0.5) is 18.9 Å². The number of carbonyl (C=O) groups excluding carboxylic acids is 1. The molecular weight excluding hydrogens is 403 g/mol. The number of rotatable bonds is 6. The van der Waals surface area contributed by atoms with Gasteiger partial charge in [0.1, 0.15) is 11.6 Å². The van der Waals surface area contributed by atoms with E-state index in [0.29, 0.717) is 23.2 Å². The molecule has 4 N–H and O–H groups in total. The van der Waals surface area contributed by atoms with Gasteiger partial charge in [-0.15, -0.1) is 0 Å². The number of alkyl halides is 3. The molecule has 2 heterocycles. The number of carboxylic acids is 1. The van der Waals surface area contributed by atoms with E-state index in [1.807, 2.05) is 0 Å². The average Bonchev–Trinajstić information content (AvgIpc) is 3.28. The van der Waals surface area contributed by atoms with Gasteiger partial charge in [-0.05, 0) is 37.0 Å². The van der Waals surface area contributed by atoms with Crippen molar-refractivity contribution in [3.8, 4) is 5.69 Å². The molecule has 1 saturated heterocycles. The van der Waals surface area contributed by atoms with Crippen molar-refractivity contribution in [2.75, 3.05) is 5.32 Å². The Morgan fingerprint density at radius 3 is 2.70 bits per heavy atom. The van der Waals surface area contributed by atoms with Crippen molar-refractivity contribution < 1.29 is 27.9 Å². The fraction of sp³-hybridized carbons (Fsp3) is 0.421. The molecule has 2 unspecified atom stereocenters. The molecule has 11 heteroatoms. The van der Waals surface area contributed by atoms with Gasteiger partial charge in [0.15, 0.2) is 5.69 Å². The molecule has 0 radical (unpaired) electrons. The van der Waals surface area contributed by atoms with Crippen molar-refractivity contribution in [1.82, 2.24) is 20.6 Å². The Morgan fingerprint density at radius 1 is 1.33 bits per heavy atom. The number of carbonyl (C=O) groups is 2. The van der Waals surface area contributed by atoms with Crippen LogP contribution in [0.5, 0.6) is 0 Å². The molecule has 1 fully saturated rings. The van der Waals surface area contributed by atoms with E-state index < -0.39 is 29.4 Å². The maximum Gasteiger partial charge on any atom is 0.434 e. The van der Waals surface area contributed by atoms with Gasteiger partial charge in [0.25, 0.3) is 0 Å². The van der Waals surface area contributed by atoms with Gasteiger partial charge in [0, 0.05) is 11.7 Å². The van der Waals surface area contributed by atoms with Crippen molar-refractivity contribution in [3.63, 3.8) is 0 Å². The third-order valence-electron chi connectivity index (χ3n) is 4.68. The normalized spacial score (nSPS) is 19.3. The summed E-state index contributed by atoms with van der Waals surface area (Å²) < 4.78 is 40.8. The molecule has 0 spiro atoms. The topological polar surface area (TPSA) is 108 Å². The fourth-order valence-corrected chi connectivity index (χ4v) is 3.44. The summed E-state index contributed by atoms with van der Waals surface area (Å²) in [7, 11) is 0. The number of hydrogen-bond donors (Lipinski definition) is 4. The molecule has 1 aromatic carbocycles. The van der Waals surface area contributed by atoms with Crippen LogP contribution >= 0.6 is 0 Å². The highest BCUT2D eigenvalue weighted by Gasteiger charge is 2.40. The minimum Gasteiger partial charge on any atom is -0.478 e. The predicted octanol–water partition coefficient (Wildman–Crippen LogP) is 2.81. The molecule has 1 amide bonds. The number of hydrogen-bond acceptors (Lipinski definition) is 5. The van der Waals surface area contributed by atoms with Gasteiger partial charge >= 0.3 is 12.1 Å². The molecule has 3 rings (SSSR count). The van der Waals surface area contributed by atoms with Gasteiger partial charge in [-0.2, -0.15) is 18.3 Å². The summed E-state index contributed by atoms with van der Waals surface area (Å²) in [5.41, 5.74) is 3.91. The van der Waals surface area contributed by atoms with E-state index >= 15 is 0 Å². The van der Waals surface area contributed by atoms with Gasteiger partial charge in [-0.1, -0.05) is 19.9 Å². The maximum absolute atomic E-state index is 13.4. The van der Waals surface area contributed by atoms with Crippen LogP contribution in [0, 0.1) is 5.92 Å². The zero-order valence-electron chi connectivity index (χ0n) is 16.3. The second-order valence-electron chi connectivity index (χ2n) is 7.56. The zero-order chi connectivity index (χ0) is 22.1. The Bertz CT molecular complexity index is 942. The van der Waals surface area contributed by atoms with Crippen LogP contribution in [0.2, 0.25) is 0 Å². The monoisotopic (exact) mass is 425 g/mol. The highest BCUT2D eigenvalue weighted by Crippen LogP contribution is 2.34. The fourth-order valence-electron chi connectivity index (χ4n) is 3.44. The summed E-state index contributed by atoms with van der Waals surface area (Å²) in [5, 5.41) is 15.3. The summed E-state index contributed by atoms with van der Waals surface area (Å²) in [6.45, 7) is 4.17. The highest BCUT2D eigenvalue weighted by atomic mass is 19.4. The molecule has 2 aromatic rings. The highest BCUT2D eigenvalue weighted by molar-refractivity contribution is 5.95. The van der Waals surface area contributed by atoms with E-state index in [0.717, 1.165) is 6.42 Å². The summed E-state index contributed by atoms with van der Waals surface area (Å²) in [6.07, 6.45) is -2.78. The lowest BCUT2D eigenvalue weighted by molar-refractivity contribution is -0.143. The third-order valence-corrected chi connectivity index (χ3v) is 4.68. The van der Waals surface area contributed by atoms with E-state index in [-0.39, 0.29) is 23.3 Å². The number of anilines is 1. The first-order valence-corrected chi connectivity index (χ1v) is 9.37. The van der Waals surface area contributed by atoms with Gasteiger partial charge in [0.2, 0.25) is 5.91 Å². The molecule has 0 bridgehead atoms. The number of nitrogens with zero attached hydrogens (tertiary/aromatic N) is 2. The number of aromatic carboxylic acids is 1. The number of benzene rings is 1. The van der Waals surface area contributed by atoms with Gasteiger partial charge in [-0.25, -0.2) is 14.9 Å². The quantitative estimate of drug-likeness (QED) is 0.567. The summed E-state index contributed by atoms with van der Waals surface area (Å²) in [4.78, 5) is 23.7. The SMILES string of the molecule is CC(C)CC1CC(C(=O)Nc2cccc(-n3ncc(C(=O)O)c3C(F)(F)F)c2)NN1. The number of hydrazine groups is 1. The lowest BCUT2D eigenvalue weighted by Crippen LogP contribution is -2.40. The molecule has 0 saturated carbocycles. The van der Waals surface area contributed by atoms with E-state index in [1.54, 1.807) is 0 Å². The minimum atomic E-state index is -4.92. The van der Waals surface area contributed by atoms with E-state index in [4.69, 9.17) is 5.11 Å². The van der Waals surface area contributed by atoms with Crippen molar-refractivity contribution in [2.24, 2.45) is 5.92 Å². The van der Waals surface area contributed by atoms with Crippen LogP contribution in [0.3, 0.4) is 0 Å². The minimum absolute atomic E-state index is 0.0252. The molecule has 30 heavy (non-hydrogen) atoms. The second-order valence-corrected chi connectivity index (χ2v) is 7.56. The van der Waals surface area contributed by atoms with Gasteiger partial charge < -0.3 is 10.4 Å². The molecular formula is C19H22F3N5O3. The van der Waals surface area contributed by atoms with Crippen molar-refractivity contribution in [2.45, 2.75) is 44.9 Å². The largest absolute Gasteiger partial charge is 0.478 e. The Balaban J connectivity index is 1.80. The first-order valence-electron chi connectivity index (χ1n) is 9.37. The third kappa shape index (κ3) is 4.79. The summed E-state index contributed by atoms with van der Waals surface area (Å²) >= 11 is 0. The molecule has 1 aromatic heterocycles. The zero-order valence-corrected chi connectivity index (χ0v) is 16.3. The first-order chi connectivity index (χ1) is 14.1. The number of amides is 1. The van der Waals surface area contributed by atoms with Gasteiger partial charge in [0.05, 0.1) is 11.9 Å². The molecule has 0 aliphatic carbocycles. The molecule has 1 aliphatic rings. The van der Waals surface area contributed by atoms with E-state index in [2.05, 4.69) is 35.1 Å². The van der Waals surface area contributed by atoms with Crippen molar-refractivity contribution in [1.29, 1.82) is 0 Å². The van der Waals surface area contributed by atoms with Crippen LogP contribution < -0.4 is 16.2 Å². The second kappa shape index (κ2) is 8.44. The lowest BCUT2D eigenvalue weighted by Gasteiger charge is -2.14. The molecule has 1 aliphatic heterocycles. The number of carboxylic acid groups (broad SMARTS) is 1. The predicted molar refractivity (Wildman–Crippen MR) is 102 cm³/mol. The van der Waals surface area contributed by atoms with Crippen LogP contribution in [0.15, 0.2) is 30.5 Å². The van der Waals surface area contributed by atoms with Crippen molar-refractivity contribution in [3.05, 3.63) is 41.7 Å². The van der Waals surface area contributed by atoms with E-state index in [1.165, 1.54) is 24.3 Å². The Labute approximate surface area is 170 Å². The summed E-state index contributed by atoms with van der Waals surface area (Å²) in [6, 6.07) is 5.31. The lowest BCUT2D eigenvalue weighted by atomic mass is 10.00. The van der Waals surface area contributed by atoms with Crippen LogP contribution in [0.1, 0.15) is 42.7 Å². The van der Waals surface area contributed by atoms with Crippen molar-refractivity contribution >= 4 is 17.6 Å². The van der Waals surface area contributed by atoms with Crippen LogP contribution in [0.25, 0.3) is 5.69 Å². The Hall–Kier alpha value is -2.92. The van der Waals surface area contributed by atoms with Crippen LogP contribution in [-0.4, -0.2) is 38.8 Å². The Morgan fingerprint density at radius 2 is 2.07 bits per heavy atom. The molecule has 2 atom stereocenters. The smallest absolute Gasteiger partial charge is 0.434 e. The number of halogens is 3. The standard InChI is InChI=1S/C19H22F3N5O3/c1-10(2)6-12-8-15(26-25-12)17(28)24-11-4-3-5-13(7-11)27-16(19(20,21)22)14(9-23-27)18(29)30/h3-5,7,9-10,12,15,25-26H,6,8H2,1-2H3,(H,24,28)(H,29,30). The average molecular weight is 425 g/mol.